The molecule has 92 valence electrons. The molecule has 0 aliphatic rings. The van der Waals surface area contributed by atoms with Gasteiger partial charge in [-0.3, -0.25) is 4.90 Å². The van der Waals surface area contributed by atoms with Gasteiger partial charge in [-0.2, -0.15) is 0 Å². The summed E-state index contributed by atoms with van der Waals surface area (Å²) in [5.74, 6) is 0. The average molecular weight is 241 g/mol. The van der Waals surface area contributed by atoms with Crippen LogP contribution in [0.2, 0.25) is 0 Å². The lowest BCUT2D eigenvalue weighted by atomic mass is 10.2. The van der Waals surface area contributed by atoms with E-state index in [0.717, 1.165) is 25.9 Å². The maximum absolute atomic E-state index is 8.88. The average Bonchev–Trinajstić information content (AvgIpc) is 2.71. The minimum Gasteiger partial charge on any atom is -0.396 e. The Balaban J connectivity index is 2.53. The molecule has 2 nitrogen and oxygen atoms in total. The third-order valence-electron chi connectivity index (χ3n) is 2.76. The molecule has 1 aromatic rings. The summed E-state index contributed by atoms with van der Waals surface area (Å²) in [6.45, 7) is 8.91. The lowest BCUT2D eigenvalue weighted by molar-refractivity contribution is 0.186. The minimum absolute atomic E-state index is 0.286. The van der Waals surface area contributed by atoms with Crippen molar-refractivity contribution in [3.8, 4) is 0 Å². The molecule has 16 heavy (non-hydrogen) atoms. The quantitative estimate of drug-likeness (QED) is 0.793. The van der Waals surface area contributed by atoms with Gasteiger partial charge >= 0.3 is 0 Å². The molecule has 0 amide bonds. The van der Waals surface area contributed by atoms with Crippen molar-refractivity contribution in [1.82, 2.24) is 4.90 Å². The fourth-order valence-electron chi connectivity index (χ4n) is 1.69. The Hall–Kier alpha value is -0.380. The van der Waals surface area contributed by atoms with Crippen molar-refractivity contribution in [2.24, 2.45) is 0 Å². The first-order valence-electron chi connectivity index (χ1n) is 6.09. The molecule has 0 saturated heterocycles. The fraction of sp³-hybridized carbons (Fsp3) is 0.692. The molecule has 1 heterocycles. The Kier molecular flexibility index (Phi) is 6.03. The van der Waals surface area contributed by atoms with Gasteiger partial charge in [0.25, 0.3) is 0 Å². The van der Waals surface area contributed by atoms with Gasteiger partial charge in [0.05, 0.1) is 0 Å². The van der Waals surface area contributed by atoms with Crippen LogP contribution in [-0.4, -0.2) is 29.2 Å². The highest BCUT2D eigenvalue weighted by atomic mass is 32.1. The maximum atomic E-state index is 8.88. The van der Waals surface area contributed by atoms with Crippen LogP contribution in [0.3, 0.4) is 0 Å². The monoisotopic (exact) mass is 241 g/mol. The van der Waals surface area contributed by atoms with Crippen molar-refractivity contribution < 1.29 is 5.11 Å². The standard InChI is InChI=1S/C13H23NOS/c1-4-12-6-7-13(16-12)10-14(11(2)3)8-5-9-15/h6-7,11,15H,4-5,8-10H2,1-3H3. The molecule has 0 atom stereocenters. The summed E-state index contributed by atoms with van der Waals surface area (Å²) in [6.07, 6.45) is 1.99. The van der Waals surface area contributed by atoms with Crippen molar-refractivity contribution >= 4 is 11.3 Å². The largest absolute Gasteiger partial charge is 0.396 e. The molecule has 1 rings (SSSR count). The van der Waals surface area contributed by atoms with E-state index < -0.39 is 0 Å². The van der Waals surface area contributed by atoms with E-state index in [-0.39, 0.29) is 6.61 Å². The maximum Gasteiger partial charge on any atom is 0.0443 e. The second-order valence-corrected chi connectivity index (χ2v) is 5.62. The van der Waals surface area contributed by atoms with Gasteiger partial charge in [0.2, 0.25) is 0 Å². The highest BCUT2D eigenvalue weighted by molar-refractivity contribution is 7.11. The zero-order chi connectivity index (χ0) is 12.0. The van der Waals surface area contributed by atoms with Crippen LogP contribution in [0, 0.1) is 0 Å². The molecular formula is C13H23NOS. The summed E-state index contributed by atoms with van der Waals surface area (Å²) >= 11 is 1.91. The third-order valence-corrected chi connectivity index (χ3v) is 3.97. The van der Waals surface area contributed by atoms with E-state index in [2.05, 4.69) is 37.8 Å². The predicted molar refractivity (Wildman–Crippen MR) is 70.9 cm³/mol. The molecule has 0 aliphatic carbocycles. The number of thiophene rings is 1. The van der Waals surface area contributed by atoms with Gasteiger partial charge in [0, 0.05) is 35.5 Å². The number of aryl methyl sites for hydroxylation is 1. The van der Waals surface area contributed by atoms with Crippen LogP contribution in [0.15, 0.2) is 12.1 Å². The van der Waals surface area contributed by atoms with Crippen LogP contribution >= 0.6 is 11.3 Å². The number of aliphatic hydroxyl groups is 1. The topological polar surface area (TPSA) is 23.5 Å². The van der Waals surface area contributed by atoms with E-state index in [1.165, 1.54) is 9.75 Å². The second kappa shape index (κ2) is 7.05. The molecule has 0 saturated carbocycles. The van der Waals surface area contributed by atoms with Gasteiger partial charge in [-0.1, -0.05) is 6.92 Å². The van der Waals surface area contributed by atoms with Crippen LogP contribution in [0.25, 0.3) is 0 Å². The van der Waals surface area contributed by atoms with E-state index in [1.54, 1.807) is 0 Å². The summed E-state index contributed by atoms with van der Waals surface area (Å²) in [6, 6.07) is 5.00. The van der Waals surface area contributed by atoms with E-state index >= 15 is 0 Å². The molecular weight excluding hydrogens is 218 g/mol. The minimum atomic E-state index is 0.286. The molecule has 0 radical (unpaired) electrons. The van der Waals surface area contributed by atoms with Crippen molar-refractivity contribution in [3.05, 3.63) is 21.9 Å². The van der Waals surface area contributed by atoms with E-state index in [4.69, 9.17) is 5.11 Å². The summed E-state index contributed by atoms with van der Waals surface area (Å²) in [5.41, 5.74) is 0. The second-order valence-electron chi connectivity index (χ2n) is 4.36. The van der Waals surface area contributed by atoms with E-state index in [1.807, 2.05) is 11.3 Å². The van der Waals surface area contributed by atoms with Crippen LogP contribution < -0.4 is 0 Å². The van der Waals surface area contributed by atoms with Crippen molar-refractivity contribution in [3.63, 3.8) is 0 Å². The zero-order valence-electron chi connectivity index (χ0n) is 10.6. The fourth-order valence-corrected chi connectivity index (χ4v) is 2.67. The number of nitrogens with zero attached hydrogens (tertiary/aromatic N) is 1. The van der Waals surface area contributed by atoms with Gasteiger partial charge in [0.1, 0.15) is 0 Å². The lowest BCUT2D eigenvalue weighted by Crippen LogP contribution is -2.31. The summed E-state index contributed by atoms with van der Waals surface area (Å²) in [5, 5.41) is 8.88. The van der Waals surface area contributed by atoms with Crippen LogP contribution in [0.5, 0.6) is 0 Å². The number of aliphatic hydroxyl groups excluding tert-OH is 1. The van der Waals surface area contributed by atoms with Crippen LogP contribution in [0.1, 0.15) is 36.9 Å². The van der Waals surface area contributed by atoms with Crippen LogP contribution in [0.4, 0.5) is 0 Å². The highest BCUT2D eigenvalue weighted by Gasteiger charge is 2.10. The lowest BCUT2D eigenvalue weighted by Gasteiger charge is -2.25. The third kappa shape index (κ3) is 4.24. The van der Waals surface area contributed by atoms with Gasteiger partial charge in [-0.25, -0.2) is 0 Å². The molecule has 0 spiro atoms. The summed E-state index contributed by atoms with van der Waals surface area (Å²) < 4.78 is 0. The van der Waals surface area contributed by atoms with Crippen molar-refractivity contribution in [2.45, 2.75) is 46.2 Å². The van der Waals surface area contributed by atoms with Gasteiger partial charge < -0.3 is 5.11 Å². The van der Waals surface area contributed by atoms with Crippen LogP contribution in [-0.2, 0) is 13.0 Å². The molecule has 1 N–H and O–H groups in total. The molecule has 0 bridgehead atoms. The van der Waals surface area contributed by atoms with Gasteiger partial charge in [0.15, 0.2) is 0 Å². The number of hydrogen-bond acceptors (Lipinski definition) is 3. The molecule has 1 aromatic heterocycles. The predicted octanol–water partition coefficient (Wildman–Crippen LogP) is 2.90. The highest BCUT2D eigenvalue weighted by Crippen LogP contribution is 2.19. The first-order valence-corrected chi connectivity index (χ1v) is 6.91. The van der Waals surface area contributed by atoms with E-state index in [0.29, 0.717) is 6.04 Å². The van der Waals surface area contributed by atoms with E-state index in [9.17, 15) is 0 Å². The van der Waals surface area contributed by atoms with Gasteiger partial charge in [-0.15, -0.1) is 11.3 Å². The van der Waals surface area contributed by atoms with Crippen molar-refractivity contribution in [2.75, 3.05) is 13.2 Å². The molecule has 0 aliphatic heterocycles. The Bertz CT molecular complexity index is 296. The molecule has 3 heteroatoms. The van der Waals surface area contributed by atoms with Gasteiger partial charge in [-0.05, 0) is 38.8 Å². The smallest absolute Gasteiger partial charge is 0.0443 e. The first kappa shape index (κ1) is 13.7. The zero-order valence-corrected chi connectivity index (χ0v) is 11.4. The van der Waals surface area contributed by atoms with Crippen molar-refractivity contribution in [1.29, 1.82) is 0 Å². The Labute approximate surface area is 103 Å². The summed E-state index contributed by atoms with van der Waals surface area (Å²) in [4.78, 5) is 5.31. The number of hydrogen-bond donors (Lipinski definition) is 1. The Morgan fingerprint density at radius 2 is 2.00 bits per heavy atom. The molecule has 0 fully saturated rings. The normalized spacial score (nSPS) is 11.6. The SMILES string of the molecule is CCc1ccc(CN(CCCO)C(C)C)s1. The molecule has 0 aromatic carbocycles. The first-order chi connectivity index (χ1) is 7.67. The molecule has 0 unspecified atom stereocenters. The Morgan fingerprint density at radius 1 is 1.31 bits per heavy atom. The summed E-state index contributed by atoms with van der Waals surface area (Å²) in [7, 11) is 0. The number of rotatable bonds is 7. The Morgan fingerprint density at radius 3 is 2.50 bits per heavy atom.